The van der Waals surface area contributed by atoms with Gasteiger partial charge >= 0.3 is 6.55 Å². The number of imidazole rings is 1. The number of nitrogens with zero attached hydrogens (tertiary/aromatic N) is 2. The lowest BCUT2D eigenvalue weighted by atomic mass is 10.4. The summed E-state index contributed by atoms with van der Waals surface area (Å²) in [5.41, 5.74) is 0. The normalized spacial score (nSPS) is 18.0. The smallest absolute Gasteiger partial charge is 0.309 e. The van der Waals surface area contributed by atoms with Crippen molar-refractivity contribution in [1.29, 1.82) is 0 Å². The SMILES string of the molecule is CSC1(CNCc2nccn2C(F)F)CC1. The summed E-state index contributed by atoms with van der Waals surface area (Å²) < 4.78 is 26.2. The van der Waals surface area contributed by atoms with E-state index in [1.54, 1.807) is 0 Å². The highest BCUT2D eigenvalue weighted by Gasteiger charge is 2.41. The molecule has 0 aromatic carbocycles. The molecule has 1 aliphatic carbocycles. The van der Waals surface area contributed by atoms with Crippen LogP contribution in [0, 0.1) is 0 Å². The molecule has 3 nitrogen and oxygen atoms in total. The van der Waals surface area contributed by atoms with Crippen molar-refractivity contribution < 1.29 is 8.78 Å². The maximum Gasteiger partial charge on any atom is 0.319 e. The second kappa shape index (κ2) is 4.71. The molecule has 1 heterocycles. The number of rotatable bonds is 6. The van der Waals surface area contributed by atoms with Gasteiger partial charge in [0.05, 0.1) is 6.54 Å². The van der Waals surface area contributed by atoms with Crippen LogP contribution in [0.1, 0.15) is 25.2 Å². The van der Waals surface area contributed by atoms with E-state index < -0.39 is 6.55 Å². The van der Waals surface area contributed by atoms with Gasteiger partial charge in [-0.2, -0.15) is 20.5 Å². The highest BCUT2D eigenvalue weighted by Crippen LogP contribution is 2.46. The van der Waals surface area contributed by atoms with Crippen LogP contribution in [0.15, 0.2) is 12.4 Å². The number of thioether (sulfide) groups is 1. The summed E-state index contributed by atoms with van der Waals surface area (Å²) in [6.07, 6.45) is 7.23. The molecule has 1 N–H and O–H groups in total. The fraction of sp³-hybridized carbons (Fsp3) is 0.700. The second-order valence-corrected chi connectivity index (χ2v) is 5.29. The zero-order valence-corrected chi connectivity index (χ0v) is 9.94. The van der Waals surface area contributed by atoms with E-state index in [0.29, 0.717) is 17.1 Å². The summed E-state index contributed by atoms with van der Waals surface area (Å²) in [5, 5.41) is 3.20. The molecule has 16 heavy (non-hydrogen) atoms. The Morgan fingerprint density at radius 3 is 2.94 bits per heavy atom. The first-order chi connectivity index (χ1) is 7.67. The Morgan fingerprint density at radius 2 is 2.38 bits per heavy atom. The standard InChI is InChI=1S/C10H15F2N3S/c1-16-10(2-3-10)7-13-6-8-14-4-5-15(8)9(11)12/h4-5,9,13H,2-3,6-7H2,1H3. The van der Waals surface area contributed by atoms with E-state index in [-0.39, 0.29) is 0 Å². The van der Waals surface area contributed by atoms with Crippen LogP contribution >= 0.6 is 11.8 Å². The molecule has 6 heteroatoms. The van der Waals surface area contributed by atoms with Crippen LogP contribution in [-0.4, -0.2) is 27.1 Å². The number of hydrogen-bond acceptors (Lipinski definition) is 3. The maximum atomic E-state index is 12.5. The number of alkyl halides is 2. The van der Waals surface area contributed by atoms with Crippen LogP contribution in [0.25, 0.3) is 0 Å². The van der Waals surface area contributed by atoms with Gasteiger partial charge in [-0.15, -0.1) is 0 Å². The largest absolute Gasteiger partial charge is 0.319 e. The van der Waals surface area contributed by atoms with Crippen molar-refractivity contribution in [2.24, 2.45) is 0 Å². The molecule has 0 radical (unpaired) electrons. The average Bonchev–Trinajstić information content (AvgIpc) is 2.88. The molecule has 1 aliphatic rings. The van der Waals surface area contributed by atoms with Crippen LogP contribution in [0.3, 0.4) is 0 Å². The Balaban J connectivity index is 1.83. The van der Waals surface area contributed by atoms with E-state index in [2.05, 4.69) is 16.6 Å². The van der Waals surface area contributed by atoms with Gasteiger partial charge in [-0.05, 0) is 19.1 Å². The summed E-state index contributed by atoms with van der Waals surface area (Å²) in [6, 6.07) is 0. The summed E-state index contributed by atoms with van der Waals surface area (Å²) in [4.78, 5) is 3.92. The molecule has 0 unspecified atom stereocenters. The molecule has 0 bridgehead atoms. The lowest BCUT2D eigenvalue weighted by Gasteiger charge is -2.13. The maximum absolute atomic E-state index is 12.5. The van der Waals surface area contributed by atoms with E-state index in [9.17, 15) is 8.78 Å². The van der Waals surface area contributed by atoms with Gasteiger partial charge in [0, 0.05) is 23.7 Å². The van der Waals surface area contributed by atoms with Gasteiger partial charge in [0.25, 0.3) is 0 Å². The van der Waals surface area contributed by atoms with E-state index in [4.69, 9.17) is 0 Å². The van der Waals surface area contributed by atoms with Crippen LogP contribution in [-0.2, 0) is 6.54 Å². The minimum absolute atomic E-state index is 0.349. The molecule has 90 valence electrons. The molecule has 1 aromatic rings. The van der Waals surface area contributed by atoms with Crippen molar-refractivity contribution in [1.82, 2.24) is 14.9 Å². The summed E-state index contributed by atoms with van der Waals surface area (Å²) in [6.45, 7) is -1.24. The molecule has 0 amide bonds. The fourth-order valence-electron chi connectivity index (χ4n) is 1.65. The fourth-order valence-corrected chi connectivity index (χ4v) is 2.41. The van der Waals surface area contributed by atoms with Crippen molar-refractivity contribution in [2.75, 3.05) is 12.8 Å². The van der Waals surface area contributed by atoms with Crippen molar-refractivity contribution in [3.63, 3.8) is 0 Å². The lowest BCUT2D eigenvalue weighted by molar-refractivity contribution is 0.0666. The van der Waals surface area contributed by atoms with Gasteiger partial charge in [-0.1, -0.05) is 0 Å². The van der Waals surface area contributed by atoms with Crippen molar-refractivity contribution in [3.05, 3.63) is 18.2 Å². The second-order valence-electron chi connectivity index (χ2n) is 4.02. The van der Waals surface area contributed by atoms with Gasteiger partial charge in [0.2, 0.25) is 0 Å². The predicted molar refractivity (Wildman–Crippen MR) is 60.7 cm³/mol. The highest BCUT2D eigenvalue weighted by molar-refractivity contribution is 8.00. The van der Waals surface area contributed by atoms with Crippen molar-refractivity contribution in [2.45, 2.75) is 30.7 Å². The van der Waals surface area contributed by atoms with Crippen LogP contribution in [0.5, 0.6) is 0 Å². The third-order valence-corrected chi connectivity index (χ3v) is 4.35. The number of hydrogen-bond donors (Lipinski definition) is 1. The van der Waals surface area contributed by atoms with E-state index >= 15 is 0 Å². The van der Waals surface area contributed by atoms with Crippen molar-refractivity contribution in [3.8, 4) is 0 Å². The Hall–Kier alpha value is -0.620. The van der Waals surface area contributed by atoms with Crippen molar-refractivity contribution >= 4 is 11.8 Å². The number of nitrogens with one attached hydrogen (secondary N) is 1. The van der Waals surface area contributed by atoms with Crippen LogP contribution in [0.2, 0.25) is 0 Å². The Labute approximate surface area is 97.6 Å². The highest BCUT2D eigenvalue weighted by atomic mass is 32.2. The van der Waals surface area contributed by atoms with Gasteiger partial charge in [-0.25, -0.2) is 4.98 Å². The van der Waals surface area contributed by atoms with Gasteiger partial charge in [-0.3, -0.25) is 4.57 Å². The number of halogens is 2. The first-order valence-corrected chi connectivity index (χ1v) is 6.45. The quantitative estimate of drug-likeness (QED) is 0.836. The third-order valence-electron chi connectivity index (χ3n) is 2.93. The molecule has 1 fully saturated rings. The Bertz CT molecular complexity index is 350. The summed E-state index contributed by atoms with van der Waals surface area (Å²) in [5.74, 6) is 0.395. The molecular formula is C10H15F2N3S. The summed E-state index contributed by atoms with van der Waals surface area (Å²) in [7, 11) is 0. The van der Waals surface area contributed by atoms with Gasteiger partial charge in [0.15, 0.2) is 0 Å². The summed E-state index contributed by atoms with van der Waals surface area (Å²) >= 11 is 1.85. The molecule has 0 atom stereocenters. The average molecular weight is 247 g/mol. The van der Waals surface area contributed by atoms with E-state index in [0.717, 1.165) is 11.1 Å². The van der Waals surface area contributed by atoms with E-state index in [1.807, 2.05) is 11.8 Å². The van der Waals surface area contributed by atoms with E-state index in [1.165, 1.54) is 25.2 Å². The zero-order valence-electron chi connectivity index (χ0n) is 9.12. The van der Waals surface area contributed by atoms with Crippen LogP contribution in [0.4, 0.5) is 8.78 Å². The molecular weight excluding hydrogens is 232 g/mol. The number of aromatic nitrogens is 2. The topological polar surface area (TPSA) is 29.9 Å². The lowest BCUT2D eigenvalue weighted by Crippen LogP contribution is -2.26. The molecule has 1 aromatic heterocycles. The van der Waals surface area contributed by atoms with Gasteiger partial charge in [0.1, 0.15) is 5.82 Å². The molecule has 0 saturated heterocycles. The molecule has 0 aliphatic heterocycles. The Morgan fingerprint density at radius 1 is 1.62 bits per heavy atom. The third kappa shape index (κ3) is 2.55. The minimum atomic E-state index is -2.50. The molecule has 0 spiro atoms. The minimum Gasteiger partial charge on any atom is -0.309 e. The van der Waals surface area contributed by atoms with Crippen LogP contribution < -0.4 is 5.32 Å². The first kappa shape index (κ1) is 11.9. The monoisotopic (exact) mass is 247 g/mol. The van der Waals surface area contributed by atoms with Gasteiger partial charge < -0.3 is 5.32 Å². The zero-order chi connectivity index (χ0) is 11.6. The predicted octanol–water partition coefficient (Wildman–Crippen LogP) is 2.26. The molecule has 1 saturated carbocycles. The molecule has 2 rings (SSSR count). The first-order valence-electron chi connectivity index (χ1n) is 5.23. The Kier molecular flexibility index (Phi) is 3.49.